The second-order valence-corrected chi connectivity index (χ2v) is 17.2. The van der Waals surface area contributed by atoms with Crippen molar-refractivity contribution in [2.24, 2.45) is 50.2 Å². The van der Waals surface area contributed by atoms with Crippen LogP contribution in [0.3, 0.4) is 0 Å². The minimum atomic E-state index is -0.747. The van der Waals surface area contributed by atoms with Crippen molar-refractivity contribution in [3.63, 3.8) is 0 Å². The van der Waals surface area contributed by atoms with Gasteiger partial charge in [-0.05, 0) is 115 Å². The maximum Gasteiger partial charge on any atom is 0.330 e. The molecule has 240 valence electrons. The van der Waals surface area contributed by atoms with E-state index in [-0.39, 0.29) is 39.7 Å². The smallest absolute Gasteiger partial charge is 0.330 e. The number of esters is 1. The van der Waals surface area contributed by atoms with Crippen molar-refractivity contribution in [2.45, 2.75) is 112 Å². The number of rotatable bonds is 5. The van der Waals surface area contributed by atoms with Crippen LogP contribution in [-0.4, -0.2) is 34.9 Å². The molecule has 5 aliphatic carbocycles. The highest BCUT2D eigenvalue weighted by Gasteiger charge is 2.70. The van der Waals surface area contributed by atoms with Crippen LogP contribution in [0.1, 0.15) is 111 Å². The van der Waals surface area contributed by atoms with Crippen molar-refractivity contribution in [2.75, 3.05) is 6.61 Å². The van der Waals surface area contributed by atoms with Gasteiger partial charge in [0.1, 0.15) is 6.61 Å². The summed E-state index contributed by atoms with van der Waals surface area (Å²) in [5.74, 6) is -0.258. The van der Waals surface area contributed by atoms with E-state index in [1.54, 1.807) is 0 Å². The number of allylic oxidation sites excluding steroid dienone is 1. The molecule has 0 aromatic heterocycles. The van der Waals surface area contributed by atoms with Crippen LogP contribution < -0.4 is 0 Å². The van der Waals surface area contributed by atoms with Crippen molar-refractivity contribution >= 4 is 18.0 Å². The first-order valence-corrected chi connectivity index (χ1v) is 17.1. The van der Waals surface area contributed by atoms with Gasteiger partial charge in [0, 0.05) is 11.5 Å². The highest BCUT2D eigenvalue weighted by molar-refractivity contribution is 5.87. The third-order valence-corrected chi connectivity index (χ3v) is 14.4. The summed E-state index contributed by atoms with van der Waals surface area (Å²) in [6.07, 6.45) is 14.1. The minimum absolute atomic E-state index is 0.0507. The molecule has 6 rings (SSSR count). The van der Waals surface area contributed by atoms with Crippen LogP contribution in [0.4, 0.5) is 0 Å². The van der Waals surface area contributed by atoms with E-state index < -0.39 is 16.8 Å². The lowest BCUT2D eigenvalue weighted by molar-refractivity contribution is -0.217. The number of aliphatic hydroxyl groups excluding tert-OH is 1. The maximum absolute atomic E-state index is 13.3. The Labute approximate surface area is 264 Å². The van der Waals surface area contributed by atoms with Gasteiger partial charge in [0.25, 0.3) is 0 Å². The zero-order chi connectivity index (χ0) is 31.8. The molecule has 8 atom stereocenters. The highest BCUT2D eigenvalue weighted by atomic mass is 16.5. The maximum atomic E-state index is 13.3. The molecule has 1 aromatic carbocycles. The number of carbonyl (C=O) groups excluding carboxylic acids is 1. The molecule has 0 radical (unpaired) electrons. The summed E-state index contributed by atoms with van der Waals surface area (Å²) in [6.45, 7) is 14.3. The van der Waals surface area contributed by atoms with Gasteiger partial charge in [0.05, 0.1) is 11.5 Å². The van der Waals surface area contributed by atoms with Gasteiger partial charge in [-0.1, -0.05) is 83.5 Å². The Bertz CT molecular complexity index is 1360. The van der Waals surface area contributed by atoms with E-state index in [1.807, 2.05) is 36.4 Å². The number of carboxylic acids is 1. The molecule has 0 saturated heterocycles. The van der Waals surface area contributed by atoms with Crippen LogP contribution in [-0.2, 0) is 14.3 Å². The summed E-state index contributed by atoms with van der Waals surface area (Å²) < 4.78 is 6.28. The van der Waals surface area contributed by atoms with Crippen LogP contribution in [0, 0.1) is 50.2 Å². The summed E-state index contributed by atoms with van der Waals surface area (Å²) in [5.41, 5.74) is 0.891. The lowest BCUT2D eigenvalue weighted by Crippen LogP contribution is -2.66. The van der Waals surface area contributed by atoms with Gasteiger partial charge in [-0.25, -0.2) is 4.79 Å². The van der Waals surface area contributed by atoms with Gasteiger partial charge < -0.3 is 14.9 Å². The Hall–Kier alpha value is -2.40. The number of carboxylic acid groups (broad SMARTS) is 1. The molecule has 0 spiro atoms. The average Bonchev–Trinajstić information content (AvgIpc) is 2.97. The van der Waals surface area contributed by atoms with Gasteiger partial charge in [0.2, 0.25) is 0 Å². The number of hydrogen-bond donors (Lipinski definition) is 2. The van der Waals surface area contributed by atoms with Crippen LogP contribution in [0.15, 0.2) is 48.1 Å². The Kier molecular flexibility index (Phi) is 7.59. The molecule has 4 saturated carbocycles. The zero-order valence-corrected chi connectivity index (χ0v) is 27.8. The molecule has 0 aliphatic heterocycles. The quantitative estimate of drug-likeness (QED) is 0.201. The van der Waals surface area contributed by atoms with Crippen molar-refractivity contribution < 1.29 is 24.5 Å². The van der Waals surface area contributed by atoms with Crippen LogP contribution >= 0.6 is 0 Å². The van der Waals surface area contributed by atoms with Crippen molar-refractivity contribution in [1.29, 1.82) is 0 Å². The fraction of sp³-hybridized carbons (Fsp3) is 0.692. The third kappa shape index (κ3) is 4.57. The number of hydrogen-bond acceptors (Lipinski definition) is 4. The van der Waals surface area contributed by atoms with Crippen molar-refractivity contribution in [3.05, 3.63) is 53.6 Å². The monoisotopic (exact) mass is 602 g/mol. The molecule has 44 heavy (non-hydrogen) atoms. The molecule has 0 amide bonds. The van der Waals surface area contributed by atoms with E-state index >= 15 is 0 Å². The fourth-order valence-corrected chi connectivity index (χ4v) is 11.7. The SMILES string of the molecule is CC1(C)CC[C@]2(C(=O)O)CC[C@]3(COC(=O)/C=C/c4ccccc4)C(=CC[C@@H]4[C@@]5(C)CC[C@@H](O)C(C)(C)C5CC[C@]43C)C2C1. The van der Waals surface area contributed by atoms with E-state index in [0.717, 1.165) is 56.9 Å². The first kappa shape index (κ1) is 31.6. The molecule has 2 N–H and O–H groups in total. The summed E-state index contributed by atoms with van der Waals surface area (Å²) in [6, 6.07) is 9.80. The van der Waals surface area contributed by atoms with Crippen LogP contribution in [0.5, 0.6) is 0 Å². The molecule has 2 unspecified atom stereocenters. The van der Waals surface area contributed by atoms with E-state index in [1.165, 1.54) is 11.6 Å². The van der Waals surface area contributed by atoms with Crippen molar-refractivity contribution in [1.82, 2.24) is 0 Å². The first-order chi connectivity index (χ1) is 20.6. The second kappa shape index (κ2) is 10.6. The summed E-state index contributed by atoms with van der Waals surface area (Å²) in [7, 11) is 0. The zero-order valence-electron chi connectivity index (χ0n) is 27.8. The van der Waals surface area contributed by atoms with E-state index in [2.05, 4.69) is 47.6 Å². The Morgan fingerprint density at radius 3 is 2.32 bits per heavy atom. The highest BCUT2D eigenvalue weighted by Crippen LogP contribution is 2.76. The Morgan fingerprint density at radius 2 is 1.61 bits per heavy atom. The number of ether oxygens (including phenoxy) is 1. The lowest BCUT2D eigenvalue weighted by atomic mass is 9.33. The molecule has 5 nitrogen and oxygen atoms in total. The van der Waals surface area contributed by atoms with Crippen LogP contribution in [0.2, 0.25) is 0 Å². The van der Waals surface area contributed by atoms with Gasteiger partial charge >= 0.3 is 11.9 Å². The lowest BCUT2D eigenvalue weighted by Gasteiger charge is -2.71. The van der Waals surface area contributed by atoms with Gasteiger partial charge in [-0.3, -0.25) is 4.79 Å². The van der Waals surface area contributed by atoms with E-state index in [0.29, 0.717) is 31.3 Å². The number of aliphatic carboxylic acids is 1. The summed E-state index contributed by atoms with van der Waals surface area (Å²) >= 11 is 0. The van der Waals surface area contributed by atoms with Crippen LogP contribution in [0.25, 0.3) is 6.08 Å². The summed E-state index contributed by atoms with van der Waals surface area (Å²) in [4.78, 5) is 26.5. The van der Waals surface area contributed by atoms with Crippen molar-refractivity contribution in [3.8, 4) is 0 Å². The average molecular weight is 603 g/mol. The molecule has 5 aliphatic rings. The summed E-state index contributed by atoms with van der Waals surface area (Å²) in [5, 5.41) is 21.9. The van der Waals surface area contributed by atoms with Gasteiger partial charge in [-0.15, -0.1) is 0 Å². The minimum Gasteiger partial charge on any atom is -0.481 e. The van der Waals surface area contributed by atoms with Gasteiger partial charge in [-0.2, -0.15) is 0 Å². The largest absolute Gasteiger partial charge is 0.481 e. The Morgan fingerprint density at radius 1 is 0.909 bits per heavy atom. The number of carbonyl (C=O) groups is 2. The van der Waals surface area contributed by atoms with E-state index in [4.69, 9.17) is 4.74 Å². The Balaban J connectivity index is 1.42. The molecule has 1 aromatic rings. The molecular formula is C39H54O5. The number of fused-ring (bicyclic) bond motifs is 7. The molecule has 0 bridgehead atoms. The first-order valence-electron chi connectivity index (χ1n) is 17.1. The molecule has 4 fully saturated rings. The molecule has 5 heteroatoms. The van der Waals surface area contributed by atoms with Gasteiger partial charge in [0.15, 0.2) is 0 Å². The fourth-order valence-electron chi connectivity index (χ4n) is 11.7. The third-order valence-electron chi connectivity index (χ3n) is 14.4. The number of benzene rings is 1. The topological polar surface area (TPSA) is 83.8 Å². The van der Waals surface area contributed by atoms with E-state index in [9.17, 15) is 19.8 Å². The number of aliphatic hydroxyl groups is 1. The molecule has 0 heterocycles. The molecular weight excluding hydrogens is 548 g/mol. The predicted molar refractivity (Wildman–Crippen MR) is 173 cm³/mol. The second-order valence-electron chi connectivity index (χ2n) is 17.2. The predicted octanol–water partition coefficient (Wildman–Crippen LogP) is 8.47. The standard InChI is InChI=1S/C39H54O5/c1-34(2)20-21-38(33(42)43)22-23-39(25-44-32(41)15-12-26-10-8-7-9-11-26)27(28(38)24-34)13-14-30-36(5)18-17-31(40)35(3,4)29(36)16-19-37(30,39)6/h7-13,15,28-31,40H,14,16-25H2,1-6H3,(H,42,43)/b15-12+/t28?,29?,30-,31-,36+,37-,38+,39+/m1/s1. The normalized spacial score (nSPS) is 42.2.